The van der Waals surface area contributed by atoms with Gasteiger partial charge in [-0.1, -0.05) is 23.7 Å². The predicted octanol–water partition coefficient (Wildman–Crippen LogP) is 4.69. The largest absolute Gasteiger partial charge is 0.465 e. The Morgan fingerprint density at radius 3 is 2.46 bits per heavy atom. The second-order valence-corrected chi connectivity index (χ2v) is 7.55. The first-order valence-corrected chi connectivity index (χ1v) is 8.75. The number of carbonyl (C=O) groups is 1. The molecule has 0 radical (unpaired) electrons. The van der Waals surface area contributed by atoms with Gasteiger partial charge < -0.3 is 21.1 Å². The summed E-state index contributed by atoms with van der Waals surface area (Å²) in [5.74, 6) is 0. The summed E-state index contributed by atoms with van der Waals surface area (Å²) in [5.41, 5.74) is 9.35. The fourth-order valence-corrected chi connectivity index (χ4v) is 2.85. The van der Waals surface area contributed by atoms with Gasteiger partial charge in [0.2, 0.25) is 0 Å². The summed E-state index contributed by atoms with van der Waals surface area (Å²) >= 11 is 6.02. The minimum atomic E-state index is -0.906. The van der Waals surface area contributed by atoms with Crippen LogP contribution in [0.3, 0.4) is 0 Å². The average Bonchev–Trinajstić information content (AvgIpc) is 2.52. The number of nitrogens with one attached hydrogen (secondary N) is 1. The van der Waals surface area contributed by atoms with Gasteiger partial charge in [0.1, 0.15) is 0 Å². The molecule has 1 heterocycles. The molecule has 26 heavy (non-hydrogen) atoms. The molecule has 6 nitrogen and oxygen atoms in total. The van der Waals surface area contributed by atoms with Crippen molar-refractivity contribution in [3.63, 3.8) is 0 Å². The SMILES string of the molecule is Cc1cc(Nc2ccc(CCN(C(=O)O)C(C)(C)C)cc2)c(N)c(Cl)n1. The lowest BCUT2D eigenvalue weighted by molar-refractivity contribution is 0.101. The van der Waals surface area contributed by atoms with Crippen LogP contribution in [0.5, 0.6) is 0 Å². The van der Waals surface area contributed by atoms with Crippen LogP contribution in [0.15, 0.2) is 30.3 Å². The summed E-state index contributed by atoms with van der Waals surface area (Å²) in [7, 11) is 0. The van der Waals surface area contributed by atoms with E-state index in [0.29, 0.717) is 24.3 Å². The molecule has 1 aromatic carbocycles. The van der Waals surface area contributed by atoms with E-state index in [1.165, 1.54) is 4.90 Å². The number of rotatable bonds is 5. The van der Waals surface area contributed by atoms with E-state index in [4.69, 9.17) is 17.3 Å². The minimum Gasteiger partial charge on any atom is -0.465 e. The van der Waals surface area contributed by atoms with Gasteiger partial charge in [-0.2, -0.15) is 0 Å². The van der Waals surface area contributed by atoms with Crippen molar-refractivity contribution in [1.82, 2.24) is 9.88 Å². The molecule has 7 heteroatoms. The van der Waals surface area contributed by atoms with Crippen LogP contribution in [0.25, 0.3) is 0 Å². The summed E-state index contributed by atoms with van der Waals surface area (Å²) in [6, 6.07) is 9.64. The van der Waals surface area contributed by atoms with Crippen molar-refractivity contribution < 1.29 is 9.90 Å². The molecule has 2 aromatic rings. The average molecular weight is 377 g/mol. The summed E-state index contributed by atoms with van der Waals surface area (Å²) < 4.78 is 0. The lowest BCUT2D eigenvalue weighted by Crippen LogP contribution is -2.45. The second-order valence-electron chi connectivity index (χ2n) is 7.19. The highest BCUT2D eigenvalue weighted by Gasteiger charge is 2.25. The molecule has 140 valence electrons. The van der Waals surface area contributed by atoms with E-state index in [-0.39, 0.29) is 5.15 Å². The molecule has 0 spiro atoms. The van der Waals surface area contributed by atoms with Gasteiger partial charge in [-0.15, -0.1) is 0 Å². The number of pyridine rings is 1. The highest BCUT2D eigenvalue weighted by Crippen LogP contribution is 2.29. The Labute approximate surface area is 159 Å². The fraction of sp³-hybridized carbons (Fsp3) is 0.368. The van der Waals surface area contributed by atoms with Gasteiger partial charge in [-0.3, -0.25) is 0 Å². The van der Waals surface area contributed by atoms with Gasteiger partial charge in [0.15, 0.2) is 5.15 Å². The van der Waals surface area contributed by atoms with Gasteiger partial charge in [0, 0.05) is 23.5 Å². The Morgan fingerprint density at radius 1 is 1.31 bits per heavy atom. The van der Waals surface area contributed by atoms with Crippen LogP contribution < -0.4 is 11.1 Å². The molecule has 4 N–H and O–H groups in total. The van der Waals surface area contributed by atoms with Crippen LogP contribution in [0.4, 0.5) is 21.9 Å². The number of amides is 1. The maximum Gasteiger partial charge on any atom is 0.407 e. The van der Waals surface area contributed by atoms with Crippen molar-refractivity contribution in [1.29, 1.82) is 0 Å². The topological polar surface area (TPSA) is 91.5 Å². The number of halogens is 1. The number of nitrogens with zero attached hydrogens (tertiary/aromatic N) is 2. The molecular formula is C19H25ClN4O2. The number of hydrogen-bond acceptors (Lipinski definition) is 4. The molecule has 0 bridgehead atoms. The number of nitrogen functional groups attached to an aromatic ring is 1. The van der Waals surface area contributed by atoms with E-state index in [2.05, 4.69) is 10.3 Å². The number of nitrogens with two attached hydrogens (primary N) is 1. The smallest absolute Gasteiger partial charge is 0.407 e. The molecule has 0 atom stereocenters. The fourth-order valence-electron chi connectivity index (χ4n) is 2.62. The van der Waals surface area contributed by atoms with Crippen molar-refractivity contribution in [3.05, 3.63) is 46.7 Å². The van der Waals surface area contributed by atoms with Crippen LogP contribution in [-0.4, -0.2) is 33.2 Å². The van der Waals surface area contributed by atoms with Gasteiger partial charge >= 0.3 is 6.09 Å². The molecule has 0 fully saturated rings. The van der Waals surface area contributed by atoms with Crippen molar-refractivity contribution >= 4 is 34.8 Å². The zero-order valence-corrected chi connectivity index (χ0v) is 16.3. The van der Waals surface area contributed by atoms with E-state index in [0.717, 1.165) is 16.9 Å². The lowest BCUT2D eigenvalue weighted by atomic mass is 10.0. The van der Waals surface area contributed by atoms with Gasteiger partial charge in [0.25, 0.3) is 0 Å². The van der Waals surface area contributed by atoms with E-state index in [1.54, 1.807) is 0 Å². The van der Waals surface area contributed by atoms with Gasteiger partial charge in [-0.25, -0.2) is 9.78 Å². The zero-order chi connectivity index (χ0) is 19.5. The monoisotopic (exact) mass is 376 g/mol. The van der Waals surface area contributed by atoms with Crippen LogP contribution in [0.1, 0.15) is 32.0 Å². The van der Waals surface area contributed by atoms with Crippen molar-refractivity contribution in [3.8, 4) is 0 Å². The zero-order valence-electron chi connectivity index (χ0n) is 15.5. The molecule has 1 amide bonds. The molecule has 0 unspecified atom stereocenters. The van der Waals surface area contributed by atoms with Crippen molar-refractivity contribution in [2.24, 2.45) is 0 Å². The first kappa shape index (κ1) is 19.8. The second kappa shape index (κ2) is 7.83. The van der Waals surface area contributed by atoms with Gasteiger partial charge in [-0.05, 0) is 57.9 Å². The van der Waals surface area contributed by atoms with E-state index >= 15 is 0 Å². The van der Waals surface area contributed by atoms with E-state index < -0.39 is 11.6 Å². The van der Waals surface area contributed by atoms with Crippen LogP contribution in [0, 0.1) is 6.92 Å². The number of benzene rings is 1. The van der Waals surface area contributed by atoms with Crippen LogP contribution in [0.2, 0.25) is 5.15 Å². The van der Waals surface area contributed by atoms with Crippen LogP contribution >= 0.6 is 11.6 Å². The number of carboxylic acid groups (broad SMARTS) is 1. The summed E-state index contributed by atoms with van der Waals surface area (Å²) in [6.45, 7) is 7.96. The maximum absolute atomic E-state index is 11.4. The maximum atomic E-state index is 11.4. The Hall–Kier alpha value is -2.47. The number of anilines is 3. The Morgan fingerprint density at radius 2 is 1.92 bits per heavy atom. The molecule has 2 rings (SSSR count). The first-order valence-electron chi connectivity index (χ1n) is 8.37. The number of aryl methyl sites for hydroxylation is 1. The molecule has 0 aliphatic carbocycles. The Kier molecular flexibility index (Phi) is 5.97. The Balaban J connectivity index is 2.06. The molecule has 0 saturated heterocycles. The lowest BCUT2D eigenvalue weighted by Gasteiger charge is -2.33. The standard InChI is InChI=1S/C19H25ClN4O2/c1-12-11-15(16(21)17(20)22-12)23-14-7-5-13(6-8-14)9-10-24(18(25)26)19(2,3)4/h5-8,11H,9-10,21H2,1-4H3,(H,22,23)(H,25,26). The van der Waals surface area contributed by atoms with Gasteiger partial charge in [0.05, 0.1) is 11.4 Å². The minimum absolute atomic E-state index is 0.278. The molecule has 0 aliphatic rings. The van der Waals surface area contributed by atoms with E-state index in [9.17, 15) is 9.90 Å². The molecule has 0 aliphatic heterocycles. The third-order valence-corrected chi connectivity index (χ3v) is 4.33. The number of hydrogen-bond donors (Lipinski definition) is 3. The first-order chi connectivity index (χ1) is 12.1. The molecular weight excluding hydrogens is 352 g/mol. The van der Waals surface area contributed by atoms with Crippen molar-refractivity contribution in [2.75, 3.05) is 17.6 Å². The summed E-state index contributed by atoms with van der Waals surface area (Å²) in [5, 5.41) is 12.9. The van der Waals surface area contributed by atoms with Crippen LogP contribution in [-0.2, 0) is 6.42 Å². The quantitative estimate of drug-likeness (QED) is 0.658. The Bertz CT molecular complexity index is 785. The number of aromatic nitrogens is 1. The van der Waals surface area contributed by atoms with Crippen molar-refractivity contribution in [2.45, 2.75) is 39.7 Å². The van der Waals surface area contributed by atoms with E-state index in [1.807, 2.05) is 58.0 Å². The highest BCUT2D eigenvalue weighted by molar-refractivity contribution is 6.32. The molecule has 1 aromatic heterocycles. The molecule has 0 saturated carbocycles. The normalized spacial score (nSPS) is 11.3. The summed E-state index contributed by atoms with van der Waals surface area (Å²) in [4.78, 5) is 17.0. The highest BCUT2D eigenvalue weighted by atomic mass is 35.5. The summed E-state index contributed by atoms with van der Waals surface area (Å²) in [6.07, 6.45) is -0.261. The third-order valence-electron chi connectivity index (χ3n) is 4.04. The third kappa shape index (κ3) is 5.02. The predicted molar refractivity (Wildman–Crippen MR) is 106 cm³/mol.